The smallest absolute Gasteiger partial charge is 0.317 e. The molecule has 0 saturated carbocycles. The van der Waals surface area contributed by atoms with Gasteiger partial charge in [-0.15, -0.1) is 0 Å². The standard InChI is InChI=1S/C11H20O4.C9H16O4/c1-3-5-7-14-10(12)9-11(13)15-8-6-4-2;1-6(2)12-8(10)5-9(11)13-7(3)4/h3-9H2,1-2H3;6-7H,5H2,1-4H3. The molecule has 8 heteroatoms. The van der Waals surface area contributed by atoms with Gasteiger partial charge in [-0.05, 0) is 40.5 Å². The first-order chi connectivity index (χ1) is 13.1. The molecule has 0 spiro atoms. The van der Waals surface area contributed by atoms with Gasteiger partial charge in [0.25, 0.3) is 0 Å². The van der Waals surface area contributed by atoms with Gasteiger partial charge in [-0.3, -0.25) is 19.2 Å². The molecule has 0 heterocycles. The van der Waals surface area contributed by atoms with Crippen molar-refractivity contribution < 1.29 is 38.1 Å². The van der Waals surface area contributed by atoms with E-state index >= 15 is 0 Å². The summed E-state index contributed by atoms with van der Waals surface area (Å²) in [6, 6.07) is 0. The van der Waals surface area contributed by atoms with Gasteiger partial charge in [0.1, 0.15) is 12.8 Å². The molecule has 0 bridgehead atoms. The van der Waals surface area contributed by atoms with Gasteiger partial charge in [0.2, 0.25) is 0 Å². The van der Waals surface area contributed by atoms with Gasteiger partial charge < -0.3 is 18.9 Å². The van der Waals surface area contributed by atoms with E-state index in [0.29, 0.717) is 13.2 Å². The maximum Gasteiger partial charge on any atom is 0.317 e. The quantitative estimate of drug-likeness (QED) is 0.211. The lowest BCUT2D eigenvalue weighted by Crippen LogP contribution is -2.19. The lowest BCUT2D eigenvalue weighted by molar-refractivity contribution is -0.159. The summed E-state index contributed by atoms with van der Waals surface area (Å²) in [5, 5.41) is 0. The molecule has 0 fully saturated rings. The zero-order valence-corrected chi connectivity index (χ0v) is 18.1. The number of hydrogen-bond donors (Lipinski definition) is 0. The molecule has 0 saturated heterocycles. The molecule has 0 aromatic carbocycles. The number of carbonyl (C=O) groups excluding carboxylic acids is 4. The second kappa shape index (κ2) is 18.3. The third-order valence-electron chi connectivity index (χ3n) is 2.83. The van der Waals surface area contributed by atoms with Crippen LogP contribution in [0.15, 0.2) is 0 Å². The lowest BCUT2D eigenvalue weighted by Gasteiger charge is -2.09. The number of hydrogen-bond acceptors (Lipinski definition) is 8. The Morgan fingerprint density at radius 1 is 0.607 bits per heavy atom. The number of unbranched alkanes of at least 4 members (excludes halogenated alkanes) is 2. The minimum absolute atomic E-state index is 0.195. The largest absolute Gasteiger partial charge is 0.465 e. The van der Waals surface area contributed by atoms with Crippen LogP contribution in [0.5, 0.6) is 0 Å². The zero-order chi connectivity index (χ0) is 21.9. The molecule has 0 aliphatic heterocycles. The summed E-state index contributed by atoms with van der Waals surface area (Å²) in [7, 11) is 0. The van der Waals surface area contributed by atoms with Gasteiger partial charge >= 0.3 is 23.9 Å². The van der Waals surface area contributed by atoms with Crippen molar-refractivity contribution in [1.82, 2.24) is 0 Å². The molecular formula is C20H36O8. The van der Waals surface area contributed by atoms with E-state index in [2.05, 4.69) is 0 Å². The average molecular weight is 405 g/mol. The normalized spacial score (nSPS) is 10.0. The summed E-state index contributed by atoms with van der Waals surface area (Å²) in [6.45, 7) is 11.7. The Kier molecular flexibility index (Phi) is 18.3. The van der Waals surface area contributed by atoms with E-state index in [9.17, 15) is 19.2 Å². The molecule has 0 aromatic heterocycles. The molecule has 0 N–H and O–H groups in total. The molecule has 0 aliphatic rings. The minimum atomic E-state index is -0.541. The predicted molar refractivity (Wildman–Crippen MR) is 103 cm³/mol. The van der Waals surface area contributed by atoms with E-state index in [4.69, 9.17) is 18.9 Å². The van der Waals surface area contributed by atoms with Gasteiger partial charge in [0.15, 0.2) is 0 Å². The fraction of sp³-hybridized carbons (Fsp3) is 0.800. The van der Waals surface area contributed by atoms with Crippen molar-refractivity contribution in [1.29, 1.82) is 0 Å². The van der Waals surface area contributed by atoms with Crippen LogP contribution in [0.1, 0.15) is 80.1 Å². The van der Waals surface area contributed by atoms with E-state index < -0.39 is 23.9 Å². The molecule has 28 heavy (non-hydrogen) atoms. The number of esters is 4. The van der Waals surface area contributed by atoms with E-state index in [-0.39, 0.29) is 25.0 Å². The van der Waals surface area contributed by atoms with Crippen molar-refractivity contribution in [2.24, 2.45) is 0 Å². The Hall–Kier alpha value is -2.12. The fourth-order valence-electron chi connectivity index (χ4n) is 1.61. The Balaban J connectivity index is 0. The molecule has 0 amide bonds. The van der Waals surface area contributed by atoms with Gasteiger partial charge in [0, 0.05) is 0 Å². The highest BCUT2D eigenvalue weighted by Gasteiger charge is 2.14. The topological polar surface area (TPSA) is 105 Å². The van der Waals surface area contributed by atoms with E-state index in [1.54, 1.807) is 27.7 Å². The van der Waals surface area contributed by atoms with Crippen molar-refractivity contribution in [2.75, 3.05) is 13.2 Å². The van der Waals surface area contributed by atoms with Gasteiger partial charge in [-0.25, -0.2) is 0 Å². The first-order valence-electron chi connectivity index (χ1n) is 9.82. The molecule has 0 aromatic rings. The summed E-state index contributed by atoms with van der Waals surface area (Å²) in [5.41, 5.74) is 0. The van der Waals surface area contributed by atoms with Crippen LogP contribution in [0.2, 0.25) is 0 Å². The van der Waals surface area contributed by atoms with Crippen LogP contribution < -0.4 is 0 Å². The molecular weight excluding hydrogens is 368 g/mol. The van der Waals surface area contributed by atoms with Crippen molar-refractivity contribution >= 4 is 23.9 Å². The van der Waals surface area contributed by atoms with Crippen LogP contribution in [0.25, 0.3) is 0 Å². The molecule has 0 atom stereocenters. The lowest BCUT2D eigenvalue weighted by atomic mass is 10.3. The number of ether oxygens (including phenoxy) is 4. The van der Waals surface area contributed by atoms with Crippen molar-refractivity contribution in [3.63, 3.8) is 0 Å². The zero-order valence-electron chi connectivity index (χ0n) is 18.1. The van der Waals surface area contributed by atoms with Gasteiger partial charge in [-0.2, -0.15) is 0 Å². The van der Waals surface area contributed by atoms with Gasteiger partial charge in [0.05, 0.1) is 25.4 Å². The fourth-order valence-corrected chi connectivity index (χ4v) is 1.61. The Morgan fingerprint density at radius 3 is 1.21 bits per heavy atom. The van der Waals surface area contributed by atoms with Crippen LogP contribution in [0.4, 0.5) is 0 Å². The van der Waals surface area contributed by atoms with Gasteiger partial charge in [-0.1, -0.05) is 26.7 Å². The Morgan fingerprint density at radius 2 is 0.929 bits per heavy atom. The number of carbonyl (C=O) groups is 4. The molecule has 0 unspecified atom stereocenters. The minimum Gasteiger partial charge on any atom is -0.465 e. The molecule has 0 aliphatic carbocycles. The highest BCUT2D eigenvalue weighted by molar-refractivity contribution is 5.91. The van der Waals surface area contributed by atoms with Crippen LogP contribution in [0.3, 0.4) is 0 Å². The van der Waals surface area contributed by atoms with Crippen LogP contribution in [-0.4, -0.2) is 49.3 Å². The summed E-state index contributed by atoms with van der Waals surface area (Å²) in [5.74, 6) is -2.07. The summed E-state index contributed by atoms with van der Waals surface area (Å²) < 4.78 is 19.2. The highest BCUT2D eigenvalue weighted by atomic mass is 16.6. The maximum atomic E-state index is 11.0. The maximum absolute atomic E-state index is 11.0. The molecule has 0 radical (unpaired) electrons. The van der Waals surface area contributed by atoms with Crippen molar-refractivity contribution in [3.05, 3.63) is 0 Å². The first-order valence-corrected chi connectivity index (χ1v) is 9.82. The third-order valence-corrected chi connectivity index (χ3v) is 2.83. The third kappa shape index (κ3) is 21.9. The Bertz CT molecular complexity index is 417. The molecule has 164 valence electrons. The Labute approximate surface area is 168 Å². The SMILES string of the molecule is CC(C)OC(=O)CC(=O)OC(C)C.CCCCOC(=O)CC(=O)OCCCC. The predicted octanol–water partition coefficient (Wildman–Crippen LogP) is 3.34. The monoisotopic (exact) mass is 404 g/mol. The first kappa shape index (κ1) is 28.1. The molecule has 0 rings (SSSR count). The highest BCUT2D eigenvalue weighted by Crippen LogP contribution is 1.98. The second-order valence-corrected chi connectivity index (χ2v) is 6.58. The van der Waals surface area contributed by atoms with E-state index in [0.717, 1.165) is 25.7 Å². The van der Waals surface area contributed by atoms with E-state index in [1.807, 2.05) is 13.8 Å². The van der Waals surface area contributed by atoms with E-state index in [1.165, 1.54) is 0 Å². The van der Waals surface area contributed by atoms with Crippen molar-refractivity contribution in [2.45, 2.75) is 92.3 Å². The van der Waals surface area contributed by atoms with Crippen LogP contribution in [-0.2, 0) is 38.1 Å². The summed E-state index contributed by atoms with van der Waals surface area (Å²) in [4.78, 5) is 43.9. The van der Waals surface area contributed by atoms with Crippen molar-refractivity contribution in [3.8, 4) is 0 Å². The van der Waals surface area contributed by atoms with Crippen LogP contribution >= 0.6 is 0 Å². The molecule has 8 nitrogen and oxygen atoms in total. The summed E-state index contributed by atoms with van der Waals surface area (Å²) in [6.07, 6.45) is 2.62. The second-order valence-electron chi connectivity index (χ2n) is 6.58. The number of rotatable bonds is 12. The van der Waals surface area contributed by atoms with Crippen LogP contribution in [0, 0.1) is 0 Å². The summed E-state index contributed by atoms with van der Waals surface area (Å²) >= 11 is 0. The average Bonchev–Trinajstić information content (AvgIpc) is 2.54.